The molecule has 0 aliphatic rings. The van der Waals surface area contributed by atoms with E-state index < -0.39 is 6.10 Å². The van der Waals surface area contributed by atoms with Gasteiger partial charge in [0.1, 0.15) is 5.82 Å². The Labute approximate surface area is 242 Å². The van der Waals surface area contributed by atoms with E-state index in [1.54, 1.807) is 0 Å². The van der Waals surface area contributed by atoms with Crippen LogP contribution in [0.1, 0.15) is 106 Å². The second-order valence-electron chi connectivity index (χ2n) is 11.5. The van der Waals surface area contributed by atoms with Crippen LogP contribution in [0.5, 0.6) is 0 Å². The highest BCUT2D eigenvalue weighted by molar-refractivity contribution is 5.66. The number of hydrogen-bond acceptors (Lipinski definition) is 5. The van der Waals surface area contributed by atoms with Gasteiger partial charge in [-0.25, -0.2) is 15.0 Å². The maximum atomic E-state index is 10.8. The highest BCUT2D eigenvalue weighted by Gasteiger charge is 2.16. The van der Waals surface area contributed by atoms with Gasteiger partial charge in [0.15, 0.2) is 11.6 Å². The first-order valence-electron chi connectivity index (χ1n) is 15.5. The molecule has 5 nitrogen and oxygen atoms in total. The fourth-order valence-corrected chi connectivity index (χ4v) is 5.24. The van der Waals surface area contributed by atoms with Crippen LogP contribution in [-0.2, 0) is 11.2 Å². The number of unbranched alkanes of at least 4 members (excludes halogenated alkanes) is 10. The van der Waals surface area contributed by atoms with Crippen LogP contribution >= 0.6 is 0 Å². The van der Waals surface area contributed by atoms with E-state index in [0.717, 1.165) is 28.7 Å². The number of nitrogens with zero attached hydrogens (tertiary/aromatic N) is 3. The van der Waals surface area contributed by atoms with Crippen LogP contribution in [0.4, 0.5) is 0 Å². The van der Waals surface area contributed by atoms with Gasteiger partial charge in [0, 0.05) is 24.2 Å². The molecule has 0 amide bonds. The summed E-state index contributed by atoms with van der Waals surface area (Å²) in [5.74, 6) is 1.88. The second kappa shape index (κ2) is 17.2. The number of aliphatic hydroxyl groups is 1. The lowest BCUT2D eigenvalue weighted by atomic mass is 10.0. The van der Waals surface area contributed by atoms with E-state index in [0.29, 0.717) is 37.1 Å². The maximum Gasteiger partial charge on any atom is 0.163 e. The van der Waals surface area contributed by atoms with Gasteiger partial charge in [0.05, 0.1) is 12.7 Å². The first kappa shape index (κ1) is 31.9. The highest BCUT2D eigenvalue weighted by Crippen LogP contribution is 2.26. The number of hydrogen-bond donors (Lipinski definition) is 1. The van der Waals surface area contributed by atoms with Crippen molar-refractivity contribution in [3.8, 4) is 22.8 Å². The highest BCUT2D eigenvalue weighted by atomic mass is 16.5. The molecule has 0 aliphatic carbocycles. The standard InChI is InChI=1S/C35H51N3O2/c1-6-7-8-9-10-11-12-13-14-15-16-21-40-25-30(39)24-33-36-34(31-19-17-26(2)22-28(31)4)38-35(37-33)32-20-18-27(3)23-29(32)5/h17-20,22-23,30,39H,6-16,21,24-25H2,1-5H3. The molecule has 0 radical (unpaired) electrons. The van der Waals surface area contributed by atoms with Crippen LogP contribution in [0.3, 0.4) is 0 Å². The lowest BCUT2D eigenvalue weighted by Crippen LogP contribution is -2.20. The molecule has 40 heavy (non-hydrogen) atoms. The van der Waals surface area contributed by atoms with Crippen molar-refractivity contribution < 1.29 is 9.84 Å². The molecule has 5 heteroatoms. The molecule has 1 N–H and O–H groups in total. The average molecular weight is 546 g/mol. The Morgan fingerprint density at radius 3 is 1.60 bits per heavy atom. The molecule has 0 bridgehead atoms. The molecule has 0 saturated carbocycles. The van der Waals surface area contributed by atoms with Crippen molar-refractivity contribution in [2.75, 3.05) is 13.2 Å². The molecule has 1 aromatic heterocycles. The smallest absolute Gasteiger partial charge is 0.163 e. The molecular weight excluding hydrogens is 494 g/mol. The van der Waals surface area contributed by atoms with Crippen molar-refractivity contribution >= 4 is 0 Å². The number of ether oxygens (including phenoxy) is 1. The molecule has 3 rings (SSSR count). The predicted molar refractivity (Wildman–Crippen MR) is 167 cm³/mol. The molecule has 1 heterocycles. The number of aromatic nitrogens is 3. The van der Waals surface area contributed by atoms with Gasteiger partial charge >= 0.3 is 0 Å². The molecule has 0 aliphatic heterocycles. The van der Waals surface area contributed by atoms with Crippen molar-refractivity contribution in [3.05, 3.63) is 64.5 Å². The van der Waals surface area contributed by atoms with Crippen LogP contribution in [0, 0.1) is 27.7 Å². The van der Waals surface area contributed by atoms with Crippen LogP contribution in [0.15, 0.2) is 36.4 Å². The van der Waals surface area contributed by atoms with E-state index in [1.807, 2.05) is 0 Å². The van der Waals surface area contributed by atoms with Crippen molar-refractivity contribution in [2.45, 2.75) is 118 Å². The van der Waals surface area contributed by atoms with Gasteiger partial charge in [0.25, 0.3) is 0 Å². The zero-order valence-corrected chi connectivity index (χ0v) is 25.6. The third-order valence-electron chi connectivity index (χ3n) is 7.55. The Bertz CT molecular complexity index is 1110. The van der Waals surface area contributed by atoms with Crippen LogP contribution in [-0.4, -0.2) is 39.4 Å². The Balaban J connectivity index is 1.52. The monoisotopic (exact) mass is 545 g/mol. The third kappa shape index (κ3) is 10.7. The summed E-state index contributed by atoms with van der Waals surface area (Å²) in [6.07, 6.45) is 14.1. The van der Waals surface area contributed by atoms with E-state index >= 15 is 0 Å². The van der Waals surface area contributed by atoms with Crippen LogP contribution in [0.2, 0.25) is 0 Å². The van der Waals surface area contributed by atoms with Crippen molar-refractivity contribution in [2.24, 2.45) is 0 Å². The summed E-state index contributed by atoms with van der Waals surface area (Å²) in [7, 11) is 0. The summed E-state index contributed by atoms with van der Waals surface area (Å²) in [6.45, 7) is 11.6. The van der Waals surface area contributed by atoms with Crippen LogP contribution < -0.4 is 0 Å². The summed E-state index contributed by atoms with van der Waals surface area (Å²) in [4.78, 5) is 14.4. The zero-order chi connectivity index (χ0) is 28.7. The summed E-state index contributed by atoms with van der Waals surface area (Å²) in [5.41, 5.74) is 6.63. The minimum Gasteiger partial charge on any atom is -0.390 e. The first-order chi connectivity index (χ1) is 19.4. The fraction of sp³-hybridized carbons (Fsp3) is 0.571. The fourth-order valence-electron chi connectivity index (χ4n) is 5.24. The van der Waals surface area contributed by atoms with Gasteiger partial charge in [-0.05, 0) is 45.2 Å². The minimum atomic E-state index is -0.658. The van der Waals surface area contributed by atoms with E-state index in [2.05, 4.69) is 71.0 Å². The van der Waals surface area contributed by atoms with E-state index in [1.165, 1.54) is 75.3 Å². The summed E-state index contributed by atoms with van der Waals surface area (Å²) >= 11 is 0. The largest absolute Gasteiger partial charge is 0.390 e. The molecule has 2 aromatic carbocycles. The molecule has 218 valence electrons. The molecule has 0 fully saturated rings. The van der Waals surface area contributed by atoms with Gasteiger partial charge in [-0.3, -0.25) is 0 Å². The van der Waals surface area contributed by atoms with E-state index in [9.17, 15) is 5.11 Å². The van der Waals surface area contributed by atoms with Gasteiger partial charge in [-0.1, -0.05) is 119 Å². The zero-order valence-electron chi connectivity index (χ0n) is 25.6. The average Bonchev–Trinajstić information content (AvgIpc) is 2.91. The Morgan fingerprint density at radius 1 is 0.650 bits per heavy atom. The Kier molecular flexibility index (Phi) is 13.7. The summed E-state index contributed by atoms with van der Waals surface area (Å²) in [5, 5.41) is 10.8. The first-order valence-corrected chi connectivity index (χ1v) is 15.5. The molecule has 3 aromatic rings. The third-order valence-corrected chi connectivity index (χ3v) is 7.55. The minimum absolute atomic E-state index is 0.293. The van der Waals surface area contributed by atoms with Crippen molar-refractivity contribution in [3.63, 3.8) is 0 Å². The molecular formula is C35H51N3O2. The maximum absolute atomic E-state index is 10.8. The number of aliphatic hydroxyl groups excluding tert-OH is 1. The number of aryl methyl sites for hydroxylation is 4. The summed E-state index contributed by atoms with van der Waals surface area (Å²) in [6, 6.07) is 12.6. The molecule has 0 spiro atoms. The van der Waals surface area contributed by atoms with Crippen molar-refractivity contribution in [1.29, 1.82) is 0 Å². The SMILES string of the molecule is CCCCCCCCCCCCCOCC(O)Cc1nc(-c2ccc(C)cc2C)nc(-c2ccc(C)cc2C)n1. The summed E-state index contributed by atoms with van der Waals surface area (Å²) < 4.78 is 5.82. The van der Waals surface area contributed by atoms with E-state index in [4.69, 9.17) is 19.7 Å². The Morgan fingerprint density at radius 2 is 1.12 bits per heavy atom. The second-order valence-corrected chi connectivity index (χ2v) is 11.5. The lowest BCUT2D eigenvalue weighted by Gasteiger charge is -2.14. The van der Waals surface area contributed by atoms with Gasteiger partial charge in [-0.15, -0.1) is 0 Å². The quantitative estimate of drug-likeness (QED) is 0.162. The predicted octanol–water partition coefficient (Wildman–Crippen LogP) is 8.67. The normalized spacial score (nSPS) is 12.2. The molecule has 1 unspecified atom stereocenters. The van der Waals surface area contributed by atoms with E-state index in [-0.39, 0.29) is 0 Å². The van der Waals surface area contributed by atoms with Crippen molar-refractivity contribution in [1.82, 2.24) is 15.0 Å². The van der Waals surface area contributed by atoms with Gasteiger partial charge in [0.2, 0.25) is 0 Å². The molecule has 0 saturated heterocycles. The topological polar surface area (TPSA) is 68.1 Å². The van der Waals surface area contributed by atoms with Gasteiger partial charge in [-0.2, -0.15) is 0 Å². The van der Waals surface area contributed by atoms with Gasteiger partial charge < -0.3 is 9.84 Å². The number of benzene rings is 2. The molecule has 1 atom stereocenters. The Hall–Kier alpha value is -2.63. The van der Waals surface area contributed by atoms with Crippen LogP contribution in [0.25, 0.3) is 22.8 Å². The lowest BCUT2D eigenvalue weighted by molar-refractivity contribution is 0.0345. The number of rotatable bonds is 18.